The highest BCUT2D eigenvalue weighted by Gasteiger charge is 2.14. The summed E-state index contributed by atoms with van der Waals surface area (Å²) >= 11 is 2.22. The molecule has 0 fully saturated rings. The van der Waals surface area contributed by atoms with Crippen molar-refractivity contribution in [2.75, 3.05) is 5.73 Å². The normalized spacial score (nSPS) is 10.1. The summed E-state index contributed by atoms with van der Waals surface area (Å²) in [5.74, 6) is 0.456. The second kappa shape index (κ2) is 4.14. The van der Waals surface area contributed by atoms with Crippen molar-refractivity contribution < 1.29 is 4.42 Å². The van der Waals surface area contributed by atoms with Crippen molar-refractivity contribution in [2.24, 2.45) is 0 Å². The Balaban J connectivity index is 2.60. The number of hydrogen-bond acceptors (Lipinski definition) is 4. The summed E-state index contributed by atoms with van der Waals surface area (Å²) < 4.78 is 6.31. The number of anilines is 1. The molecule has 1 heterocycles. The Bertz CT molecular complexity index is 583. The van der Waals surface area contributed by atoms with Crippen molar-refractivity contribution in [3.63, 3.8) is 0 Å². The summed E-state index contributed by atoms with van der Waals surface area (Å²) in [6.45, 7) is 2.00. The van der Waals surface area contributed by atoms with E-state index in [1.165, 1.54) is 0 Å². The van der Waals surface area contributed by atoms with E-state index in [9.17, 15) is 0 Å². The van der Waals surface area contributed by atoms with Crippen LogP contribution < -0.4 is 5.73 Å². The first kappa shape index (κ1) is 11.0. The van der Waals surface area contributed by atoms with E-state index in [0.29, 0.717) is 5.89 Å². The van der Waals surface area contributed by atoms with Crippen LogP contribution in [0.2, 0.25) is 0 Å². The van der Waals surface area contributed by atoms with E-state index in [1.807, 2.05) is 31.2 Å². The molecule has 2 N–H and O–H groups in total. The Morgan fingerprint density at radius 3 is 2.88 bits per heavy atom. The Morgan fingerprint density at radius 2 is 2.25 bits per heavy atom. The SMILES string of the molecule is Cc1cccc(-c2nc(C#N)c(N)o2)c1I. The maximum Gasteiger partial charge on any atom is 0.231 e. The molecule has 5 heteroatoms. The average Bonchev–Trinajstić information content (AvgIpc) is 2.63. The van der Waals surface area contributed by atoms with E-state index < -0.39 is 0 Å². The van der Waals surface area contributed by atoms with Gasteiger partial charge < -0.3 is 10.2 Å². The van der Waals surface area contributed by atoms with E-state index in [4.69, 9.17) is 15.4 Å². The summed E-state index contributed by atoms with van der Waals surface area (Å²) in [7, 11) is 0. The third-order valence-electron chi connectivity index (χ3n) is 2.18. The van der Waals surface area contributed by atoms with Crippen LogP contribution in [0.15, 0.2) is 22.6 Å². The van der Waals surface area contributed by atoms with E-state index in [-0.39, 0.29) is 11.6 Å². The van der Waals surface area contributed by atoms with Crippen molar-refractivity contribution in [2.45, 2.75) is 6.92 Å². The largest absolute Gasteiger partial charge is 0.419 e. The Kier molecular flexibility index (Phi) is 2.83. The monoisotopic (exact) mass is 325 g/mol. The summed E-state index contributed by atoms with van der Waals surface area (Å²) in [6.07, 6.45) is 0. The van der Waals surface area contributed by atoms with Gasteiger partial charge in [-0.1, -0.05) is 12.1 Å². The van der Waals surface area contributed by atoms with Crippen molar-refractivity contribution in [1.82, 2.24) is 4.98 Å². The number of aryl methyl sites for hydroxylation is 1. The van der Waals surface area contributed by atoms with Crippen molar-refractivity contribution in [3.8, 4) is 17.5 Å². The van der Waals surface area contributed by atoms with E-state index >= 15 is 0 Å². The number of hydrogen-bond donors (Lipinski definition) is 1. The van der Waals surface area contributed by atoms with Crippen LogP contribution in [0.25, 0.3) is 11.5 Å². The fourth-order valence-electron chi connectivity index (χ4n) is 1.34. The predicted octanol–water partition coefficient (Wildman–Crippen LogP) is 2.71. The van der Waals surface area contributed by atoms with Gasteiger partial charge in [-0.3, -0.25) is 0 Å². The lowest BCUT2D eigenvalue weighted by atomic mass is 10.1. The Labute approximate surface area is 106 Å². The Morgan fingerprint density at radius 1 is 1.50 bits per heavy atom. The molecule has 0 aliphatic heterocycles. The van der Waals surface area contributed by atoms with Gasteiger partial charge in [-0.2, -0.15) is 10.2 Å². The first-order chi connectivity index (χ1) is 7.63. The van der Waals surface area contributed by atoms with Crippen molar-refractivity contribution in [1.29, 1.82) is 5.26 Å². The van der Waals surface area contributed by atoms with Crippen LogP contribution in [0.1, 0.15) is 11.3 Å². The number of nitrogens with zero attached hydrogens (tertiary/aromatic N) is 2. The summed E-state index contributed by atoms with van der Waals surface area (Å²) in [5.41, 5.74) is 7.64. The lowest BCUT2D eigenvalue weighted by Crippen LogP contribution is -1.86. The molecule has 16 heavy (non-hydrogen) atoms. The zero-order valence-corrected chi connectivity index (χ0v) is 10.6. The van der Waals surface area contributed by atoms with Gasteiger partial charge in [-0.15, -0.1) is 0 Å². The first-order valence-corrected chi connectivity index (χ1v) is 5.63. The number of nitrogens with two attached hydrogens (primary N) is 1. The fourth-order valence-corrected chi connectivity index (χ4v) is 1.93. The van der Waals surface area contributed by atoms with Gasteiger partial charge in [0.05, 0.1) is 5.56 Å². The highest BCUT2D eigenvalue weighted by atomic mass is 127. The lowest BCUT2D eigenvalue weighted by Gasteiger charge is -2.02. The minimum absolute atomic E-state index is 0.0646. The number of benzene rings is 1. The molecule has 0 unspecified atom stereocenters. The molecule has 4 nitrogen and oxygen atoms in total. The third-order valence-corrected chi connectivity index (χ3v) is 3.61. The summed E-state index contributed by atoms with van der Waals surface area (Å²) in [6, 6.07) is 7.70. The summed E-state index contributed by atoms with van der Waals surface area (Å²) in [4.78, 5) is 4.04. The van der Waals surface area contributed by atoms with Crippen molar-refractivity contribution >= 4 is 28.5 Å². The fraction of sp³-hybridized carbons (Fsp3) is 0.0909. The second-order valence-corrected chi connectivity index (χ2v) is 4.36. The van der Waals surface area contributed by atoms with Gasteiger partial charge in [-0.25, -0.2) is 0 Å². The number of nitriles is 1. The summed E-state index contributed by atoms with van der Waals surface area (Å²) in [5, 5.41) is 8.75. The van der Waals surface area contributed by atoms with Gasteiger partial charge in [0, 0.05) is 3.57 Å². The minimum atomic E-state index is 0.0646. The van der Waals surface area contributed by atoms with Crippen LogP contribution in [-0.2, 0) is 0 Å². The zero-order chi connectivity index (χ0) is 11.7. The Hall–Kier alpha value is -1.55. The molecule has 0 saturated heterocycles. The number of rotatable bonds is 1. The van der Waals surface area contributed by atoms with Crippen LogP contribution >= 0.6 is 22.6 Å². The van der Waals surface area contributed by atoms with Gasteiger partial charge in [0.25, 0.3) is 0 Å². The lowest BCUT2D eigenvalue weighted by molar-refractivity contribution is 0.593. The molecule has 0 amide bonds. The zero-order valence-electron chi connectivity index (χ0n) is 8.49. The van der Waals surface area contributed by atoms with E-state index in [0.717, 1.165) is 14.7 Å². The number of nitrogen functional groups attached to an aromatic ring is 1. The molecule has 0 aliphatic carbocycles. The number of oxazole rings is 1. The van der Waals surface area contributed by atoms with Gasteiger partial charge in [0.2, 0.25) is 17.5 Å². The van der Waals surface area contributed by atoms with Crippen LogP contribution in [0, 0.1) is 21.8 Å². The number of aromatic nitrogens is 1. The second-order valence-electron chi connectivity index (χ2n) is 3.28. The quantitative estimate of drug-likeness (QED) is 0.818. The molecule has 1 aromatic carbocycles. The van der Waals surface area contributed by atoms with Crippen LogP contribution in [0.3, 0.4) is 0 Å². The van der Waals surface area contributed by atoms with E-state index in [1.54, 1.807) is 0 Å². The van der Waals surface area contributed by atoms with Gasteiger partial charge in [0.15, 0.2) is 0 Å². The minimum Gasteiger partial charge on any atom is -0.419 e. The molecule has 0 radical (unpaired) electrons. The molecular weight excluding hydrogens is 317 g/mol. The van der Waals surface area contributed by atoms with Crippen molar-refractivity contribution in [3.05, 3.63) is 33.0 Å². The topological polar surface area (TPSA) is 75.8 Å². The van der Waals surface area contributed by atoms with Gasteiger partial charge >= 0.3 is 0 Å². The maximum atomic E-state index is 8.75. The molecule has 1 aromatic heterocycles. The first-order valence-electron chi connectivity index (χ1n) is 4.55. The molecule has 2 aromatic rings. The van der Waals surface area contributed by atoms with Gasteiger partial charge in [-0.05, 0) is 41.1 Å². The van der Waals surface area contributed by atoms with Gasteiger partial charge in [0.1, 0.15) is 6.07 Å². The van der Waals surface area contributed by atoms with Crippen LogP contribution in [0.4, 0.5) is 5.88 Å². The average molecular weight is 325 g/mol. The standard InChI is InChI=1S/C11H8IN3O/c1-6-3-2-4-7(9(6)12)11-15-8(5-13)10(14)16-11/h2-4H,14H2,1H3. The molecule has 0 bridgehead atoms. The van der Waals surface area contributed by atoms with E-state index in [2.05, 4.69) is 27.6 Å². The molecule has 2 rings (SSSR count). The highest BCUT2D eigenvalue weighted by molar-refractivity contribution is 14.1. The molecule has 0 saturated carbocycles. The smallest absolute Gasteiger partial charge is 0.231 e. The number of halogens is 1. The predicted molar refractivity (Wildman–Crippen MR) is 68.5 cm³/mol. The van der Waals surface area contributed by atoms with Crippen LogP contribution in [-0.4, -0.2) is 4.98 Å². The molecule has 0 spiro atoms. The molecular formula is C11H8IN3O. The third kappa shape index (κ3) is 1.76. The highest BCUT2D eigenvalue weighted by Crippen LogP contribution is 2.29. The maximum absolute atomic E-state index is 8.75. The molecule has 0 aliphatic rings. The van der Waals surface area contributed by atoms with Crippen LogP contribution in [0.5, 0.6) is 0 Å². The molecule has 80 valence electrons. The molecule has 0 atom stereocenters.